The van der Waals surface area contributed by atoms with Crippen LogP contribution in [-0.4, -0.2) is 22.2 Å². The van der Waals surface area contributed by atoms with E-state index in [4.69, 9.17) is 11.6 Å². The number of alkyl halides is 1. The van der Waals surface area contributed by atoms with Crippen LogP contribution < -0.4 is 0 Å². The molecule has 1 aliphatic carbocycles. The van der Waals surface area contributed by atoms with E-state index in [1.165, 1.54) is 17.5 Å². The van der Waals surface area contributed by atoms with Gasteiger partial charge in [-0.25, -0.2) is 0 Å². The fraction of sp³-hybridized carbons (Fsp3) is 0.684. The Kier molecular flexibility index (Phi) is 4.97. The van der Waals surface area contributed by atoms with Gasteiger partial charge in [0.05, 0.1) is 6.10 Å². The lowest BCUT2D eigenvalue weighted by Gasteiger charge is -2.42. The molecule has 2 unspecified atom stereocenters. The number of benzene rings is 1. The summed E-state index contributed by atoms with van der Waals surface area (Å²) in [4.78, 5) is 0. The van der Waals surface area contributed by atoms with Gasteiger partial charge in [-0.3, -0.25) is 0 Å². The highest BCUT2D eigenvalue weighted by molar-refractivity contribution is 6.17. The number of fused-ring (bicyclic) bond motifs is 1. The first-order valence-corrected chi connectivity index (χ1v) is 8.71. The van der Waals surface area contributed by atoms with Crippen molar-refractivity contribution in [2.24, 2.45) is 0 Å². The molecular weight excluding hydrogens is 296 g/mol. The molecule has 22 heavy (non-hydrogen) atoms. The van der Waals surface area contributed by atoms with Crippen LogP contribution in [0.1, 0.15) is 75.3 Å². The maximum atomic E-state index is 10.5. The van der Waals surface area contributed by atoms with E-state index < -0.39 is 12.2 Å². The Balaban J connectivity index is 2.52. The van der Waals surface area contributed by atoms with Crippen molar-refractivity contribution in [1.29, 1.82) is 0 Å². The quantitative estimate of drug-likeness (QED) is 0.807. The second-order valence-corrected chi connectivity index (χ2v) is 8.39. The Bertz CT molecular complexity index is 549. The Hall–Kier alpha value is -0.570. The van der Waals surface area contributed by atoms with Crippen LogP contribution in [0.25, 0.3) is 0 Å². The number of rotatable bonds is 4. The highest BCUT2D eigenvalue weighted by atomic mass is 35.5. The van der Waals surface area contributed by atoms with Crippen molar-refractivity contribution in [2.75, 3.05) is 5.88 Å². The van der Waals surface area contributed by atoms with E-state index in [1.54, 1.807) is 0 Å². The SMILES string of the molecule is Cc1cc2c(cc1C(O)C(O)CCCl)C(C)(C)CCC2(C)C. The molecule has 1 aliphatic rings. The van der Waals surface area contributed by atoms with Crippen LogP contribution in [0, 0.1) is 6.92 Å². The summed E-state index contributed by atoms with van der Waals surface area (Å²) in [6, 6.07) is 4.33. The number of aliphatic hydroxyl groups excluding tert-OH is 2. The lowest BCUT2D eigenvalue weighted by molar-refractivity contribution is 0.0165. The van der Waals surface area contributed by atoms with Gasteiger partial charge in [0.1, 0.15) is 6.10 Å². The Morgan fingerprint density at radius 3 is 2.05 bits per heavy atom. The Morgan fingerprint density at radius 2 is 1.55 bits per heavy atom. The second kappa shape index (κ2) is 6.14. The number of hydrogen-bond acceptors (Lipinski definition) is 2. The molecule has 1 aromatic rings. The number of aliphatic hydroxyl groups is 2. The van der Waals surface area contributed by atoms with Crippen LogP contribution in [0.3, 0.4) is 0 Å². The predicted octanol–water partition coefficient (Wildman–Crippen LogP) is 4.37. The third-order valence-electron chi connectivity index (χ3n) is 5.33. The van der Waals surface area contributed by atoms with Crippen LogP contribution in [0.2, 0.25) is 0 Å². The normalized spacial score (nSPS) is 22.0. The first-order chi connectivity index (χ1) is 10.1. The number of hydrogen-bond donors (Lipinski definition) is 2. The fourth-order valence-electron chi connectivity index (χ4n) is 3.53. The summed E-state index contributed by atoms with van der Waals surface area (Å²) >= 11 is 5.69. The van der Waals surface area contributed by atoms with E-state index in [9.17, 15) is 10.2 Å². The summed E-state index contributed by atoms with van der Waals surface area (Å²) in [6.07, 6.45) is 1.02. The van der Waals surface area contributed by atoms with Gasteiger partial charge in [-0.05, 0) is 59.3 Å². The monoisotopic (exact) mass is 324 g/mol. The topological polar surface area (TPSA) is 40.5 Å². The summed E-state index contributed by atoms with van der Waals surface area (Å²) in [5, 5.41) is 20.6. The minimum Gasteiger partial charge on any atom is -0.390 e. The average Bonchev–Trinajstić information content (AvgIpc) is 2.43. The van der Waals surface area contributed by atoms with Gasteiger partial charge in [0.25, 0.3) is 0 Å². The van der Waals surface area contributed by atoms with Gasteiger partial charge in [0, 0.05) is 5.88 Å². The maximum absolute atomic E-state index is 10.5. The zero-order valence-electron chi connectivity index (χ0n) is 14.4. The van der Waals surface area contributed by atoms with Crippen molar-refractivity contribution in [1.82, 2.24) is 0 Å². The fourth-order valence-corrected chi connectivity index (χ4v) is 3.76. The Morgan fingerprint density at radius 1 is 1.05 bits per heavy atom. The molecule has 2 rings (SSSR count). The standard InChI is InChI=1S/C19H29ClO2/c1-12-10-14-15(19(4,5)8-7-18(14,2)3)11-13(12)17(22)16(21)6-9-20/h10-11,16-17,21-22H,6-9H2,1-5H3. The number of aryl methyl sites for hydroxylation is 1. The molecule has 0 bridgehead atoms. The van der Waals surface area contributed by atoms with E-state index in [2.05, 4.69) is 39.8 Å². The van der Waals surface area contributed by atoms with E-state index in [0.29, 0.717) is 12.3 Å². The van der Waals surface area contributed by atoms with Gasteiger partial charge in [0.15, 0.2) is 0 Å². The van der Waals surface area contributed by atoms with Gasteiger partial charge >= 0.3 is 0 Å². The van der Waals surface area contributed by atoms with Crippen LogP contribution in [0.15, 0.2) is 12.1 Å². The molecule has 124 valence electrons. The van der Waals surface area contributed by atoms with E-state index >= 15 is 0 Å². The average molecular weight is 325 g/mol. The molecule has 0 aliphatic heterocycles. The summed E-state index contributed by atoms with van der Waals surface area (Å²) in [5.74, 6) is 0.348. The molecule has 3 heteroatoms. The largest absolute Gasteiger partial charge is 0.390 e. The van der Waals surface area contributed by atoms with Gasteiger partial charge in [-0.2, -0.15) is 0 Å². The summed E-state index contributed by atoms with van der Waals surface area (Å²) in [5.41, 5.74) is 4.83. The highest BCUT2D eigenvalue weighted by Gasteiger charge is 2.38. The smallest absolute Gasteiger partial charge is 0.105 e. The molecular formula is C19H29ClO2. The van der Waals surface area contributed by atoms with E-state index in [-0.39, 0.29) is 10.8 Å². The van der Waals surface area contributed by atoms with Crippen LogP contribution in [0.4, 0.5) is 0 Å². The molecule has 0 heterocycles. The maximum Gasteiger partial charge on any atom is 0.105 e. The van der Waals surface area contributed by atoms with Crippen LogP contribution in [0.5, 0.6) is 0 Å². The summed E-state index contributed by atoms with van der Waals surface area (Å²) in [7, 11) is 0. The van der Waals surface area contributed by atoms with Crippen molar-refractivity contribution in [3.8, 4) is 0 Å². The van der Waals surface area contributed by atoms with E-state index in [1.807, 2.05) is 6.92 Å². The zero-order chi connectivity index (χ0) is 16.7. The Labute approximate surface area is 139 Å². The molecule has 2 atom stereocenters. The third kappa shape index (κ3) is 3.20. The molecule has 0 spiro atoms. The first-order valence-electron chi connectivity index (χ1n) is 8.18. The minimum absolute atomic E-state index is 0.102. The lowest BCUT2D eigenvalue weighted by Crippen LogP contribution is -2.34. The molecule has 0 saturated carbocycles. The second-order valence-electron chi connectivity index (χ2n) is 8.01. The van der Waals surface area contributed by atoms with Gasteiger partial charge < -0.3 is 10.2 Å². The van der Waals surface area contributed by atoms with Gasteiger partial charge in [-0.1, -0.05) is 39.8 Å². The third-order valence-corrected chi connectivity index (χ3v) is 5.55. The molecule has 1 aromatic carbocycles. The molecule has 0 aromatic heterocycles. The highest BCUT2D eigenvalue weighted by Crippen LogP contribution is 2.47. The van der Waals surface area contributed by atoms with Gasteiger partial charge in [-0.15, -0.1) is 11.6 Å². The van der Waals surface area contributed by atoms with Crippen molar-refractivity contribution in [3.05, 3.63) is 34.4 Å². The van der Waals surface area contributed by atoms with Gasteiger partial charge in [0.2, 0.25) is 0 Å². The molecule has 0 saturated heterocycles. The molecule has 2 nitrogen and oxygen atoms in total. The van der Waals surface area contributed by atoms with Crippen LogP contribution in [-0.2, 0) is 10.8 Å². The van der Waals surface area contributed by atoms with Crippen molar-refractivity contribution < 1.29 is 10.2 Å². The van der Waals surface area contributed by atoms with E-state index in [0.717, 1.165) is 17.5 Å². The molecule has 0 radical (unpaired) electrons. The lowest BCUT2D eigenvalue weighted by atomic mass is 9.62. The van der Waals surface area contributed by atoms with Crippen molar-refractivity contribution >= 4 is 11.6 Å². The van der Waals surface area contributed by atoms with Crippen molar-refractivity contribution in [3.63, 3.8) is 0 Å². The molecule has 0 fully saturated rings. The molecule has 0 amide bonds. The first kappa shape index (κ1) is 17.8. The van der Waals surface area contributed by atoms with Crippen molar-refractivity contribution in [2.45, 2.75) is 76.9 Å². The predicted molar refractivity (Wildman–Crippen MR) is 92.8 cm³/mol. The molecule has 2 N–H and O–H groups in total. The van der Waals surface area contributed by atoms with Crippen LogP contribution >= 0.6 is 11.6 Å². The summed E-state index contributed by atoms with van der Waals surface area (Å²) < 4.78 is 0. The zero-order valence-corrected chi connectivity index (χ0v) is 15.2. The summed E-state index contributed by atoms with van der Waals surface area (Å²) in [6.45, 7) is 11.1. The number of halogens is 1. The minimum atomic E-state index is -0.870.